The molecule has 1 saturated heterocycles. The van der Waals surface area contributed by atoms with Gasteiger partial charge in [-0.25, -0.2) is 0 Å². The summed E-state index contributed by atoms with van der Waals surface area (Å²) in [7, 11) is 0. The summed E-state index contributed by atoms with van der Waals surface area (Å²) in [5, 5.41) is 0. The van der Waals surface area contributed by atoms with Crippen molar-refractivity contribution in [3.8, 4) is 0 Å². The summed E-state index contributed by atoms with van der Waals surface area (Å²) in [6.07, 6.45) is 10.0. The van der Waals surface area contributed by atoms with E-state index in [1.165, 1.54) is 0 Å². The minimum atomic E-state index is 0.761. The summed E-state index contributed by atoms with van der Waals surface area (Å²) < 4.78 is 11.0. The molecule has 2 heteroatoms. The second-order valence-electron chi connectivity index (χ2n) is 2.81. The summed E-state index contributed by atoms with van der Waals surface area (Å²) in [6, 6.07) is 0. The van der Waals surface area contributed by atoms with Gasteiger partial charge in [0.1, 0.15) is 0 Å². The minimum absolute atomic E-state index is 0.761. The molecule has 12 heavy (non-hydrogen) atoms. The minimum Gasteiger partial charge on any atom is -0.490 e. The Balaban J connectivity index is 2.23. The first-order valence-electron chi connectivity index (χ1n) is 4.30. The summed E-state index contributed by atoms with van der Waals surface area (Å²) in [5.74, 6) is 1.78. The SMILES string of the molecule is C1=CCC=C2OCCCOC2=C1. The number of rotatable bonds is 0. The fraction of sp³-hybridized carbons (Fsp3) is 0.400. The Kier molecular flexibility index (Phi) is 2.16. The molecule has 0 atom stereocenters. The van der Waals surface area contributed by atoms with Crippen LogP contribution >= 0.6 is 0 Å². The van der Waals surface area contributed by atoms with E-state index in [1.807, 2.05) is 12.2 Å². The molecular weight excluding hydrogens is 152 g/mol. The highest BCUT2D eigenvalue weighted by molar-refractivity contribution is 5.28. The van der Waals surface area contributed by atoms with Gasteiger partial charge in [-0.15, -0.1) is 0 Å². The molecule has 0 aromatic carbocycles. The Hall–Kier alpha value is -1.18. The molecule has 0 aromatic rings. The van der Waals surface area contributed by atoms with Gasteiger partial charge in [-0.1, -0.05) is 12.2 Å². The largest absolute Gasteiger partial charge is 0.490 e. The van der Waals surface area contributed by atoms with E-state index in [2.05, 4.69) is 12.2 Å². The van der Waals surface area contributed by atoms with Crippen molar-refractivity contribution in [3.05, 3.63) is 35.8 Å². The molecule has 1 fully saturated rings. The summed E-state index contributed by atoms with van der Waals surface area (Å²) in [4.78, 5) is 0. The Labute approximate surface area is 72.2 Å². The molecular formula is C10H12O2. The zero-order chi connectivity index (χ0) is 8.23. The van der Waals surface area contributed by atoms with E-state index in [-0.39, 0.29) is 0 Å². The highest BCUT2D eigenvalue weighted by Crippen LogP contribution is 2.20. The van der Waals surface area contributed by atoms with Crippen LogP contribution in [0.15, 0.2) is 35.8 Å². The average molecular weight is 164 g/mol. The van der Waals surface area contributed by atoms with E-state index in [0.717, 1.165) is 37.6 Å². The second-order valence-corrected chi connectivity index (χ2v) is 2.81. The van der Waals surface area contributed by atoms with Gasteiger partial charge in [-0.3, -0.25) is 0 Å². The van der Waals surface area contributed by atoms with Gasteiger partial charge in [-0.05, 0) is 18.6 Å². The lowest BCUT2D eigenvalue weighted by molar-refractivity contribution is 0.220. The molecule has 1 heterocycles. The fourth-order valence-electron chi connectivity index (χ4n) is 1.26. The van der Waals surface area contributed by atoms with Gasteiger partial charge in [0.05, 0.1) is 13.2 Å². The van der Waals surface area contributed by atoms with Crippen molar-refractivity contribution in [2.75, 3.05) is 13.2 Å². The molecule has 0 amide bonds. The van der Waals surface area contributed by atoms with Crippen LogP contribution in [0.25, 0.3) is 0 Å². The second kappa shape index (κ2) is 3.48. The molecule has 0 N–H and O–H groups in total. The number of ether oxygens (including phenoxy) is 2. The Morgan fingerprint density at radius 3 is 2.83 bits per heavy atom. The van der Waals surface area contributed by atoms with Crippen LogP contribution in [0.1, 0.15) is 12.8 Å². The molecule has 1 aliphatic heterocycles. The summed E-state index contributed by atoms with van der Waals surface area (Å²) >= 11 is 0. The first kappa shape index (κ1) is 7.47. The van der Waals surface area contributed by atoms with E-state index in [4.69, 9.17) is 9.47 Å². The van der Waals surface area contributed by atoms with Crippen molar-refractivity contribution in [2.45, 2.75) is 12.8 Å². The van der Waals surface area contributed by atoms with Crippen LogP contribution in [0, 0.1) is 0 Å². The Morgan fingerprint density at radius 1 is 1.08 bits per heavy atom. The van der Waals surface area contributed by atoms with Gasteiger partial charge in [0.25, 0.3) is 0 Å². The topological polar surface area (TPSA) is 18.5 Å². The van der Waals surface area contributed by atoms with E-state index in [0.29, 0.717) is 0 Å². The molecule has 2 nitrogen and oxygen atoms in total. The number of fused-ring (bicyclic) bond motifs is 1. The van der Waals surface area contributed by atoms with Gasteiger partial charge in [0.15, 0.2) is 11.5 Å². The third kappa shape index (κ3) is 1.52. The summed E-state index contributed by atoms with van der Waals surface area (Å²) in [5.41, 5.74) is 0. The van der Waals surface area contributed by atoms with Crippen molar-refractivity contribution >= 4 is 0 Å². The van der Waals surface area contributed by atoms with Crippen molar-refractivity contribution in [1.82, 2.24) is 0 Å². The maximum atomic E-state index is 5.51. The van der Waals surface area contributed by atoms with Gasteiger partial charge in [0, 0.05) is 6.42 Å². The maximum absolute atomic E-state index is 5.51. The van der Waals surface area contributed by atoms with Gasteiger partial charge in [0.2, 0.25) is 0 Å². The van der Waals surface area contributed by atoms with E-state index in [9.17, 15) is 0 Å². The Morgan fingerprint density at radius 2 is 1.92 bits per heavy atom. The molecule has 1 aliphatic carbocycles. The highest BCUT2D eigenvalue weighted by Gasteiger charge is 2.11. The van der Waals surface area contributed by atoms with Crippen molar-refractivity contribution in [3.63, 3.8) is 0 Å². The third-order valence-corrected chi connectivity index (χ3v) is 1.87. The van der Waals surface area contributed by atoms with Crippen molar-refractivity contribution in [1.29, 1.82) is 0 Å². The highest BCUT2D eigenvalue weighted by atomic mass is 16.5. The monoisotopic (exact) mass is 164 g/mol. The van der Waals surface area contributed by atoms with Crippen LogP contribution in [0.5, 0.6) is 0 Å². The predicted octanol–water partition coefficient (Wildman–Crippen LogP) is 2.15. The smallest absolute Gasteiger partial charge is 0.160 e. The molecule has 2 rings (SSSR count). The van der Waals surface area contributed by atoms with Crippen molar-refractivity contribution < 1.29 is 9.47 Å². The number of hydrogen-bond acceptors (Lipinski definition) is 2. The number of hydrogen-bond donors (Lipinski definition) is 0. The lowest BCUT2D eigenvalue weighted by Gasteiger charge is -2.06. The molecule has 2 aliphatic rings. The van der Waals surface area contributed by atoms with E-state index in [1.54, 1.807) is 0 Å². The maximum Gasteiger partial charge on any atom is 0.160 e. The molecule has 0 radical (unpaired) electrons. The average Bonchev–Trinajstić information content (AvgIpc) is 2.38. The van der Waals surface area contributed by atoms with Crippen LogP contribution < -0.4 is 0 Å². The molecule has 0 unspecified atom stereocenters. The molecule has 64 valence electrons. The lowest BCUT2D eigenvalue weighted by atomic mass is 10.3. The quantitative estimate of drug-likeness (QED) is 0.546. The van der Waals surface area contributed by atoms with Gasteiger partial charge in [-0.2, -0.15) is 0 Å². The van der Waals surface area contributed by atoms with Gasteiger partial charge >= 0.3 is 0 Å². The van der Waals surface area contributed by atoms with Crippen LogP contribution in [-0.2, 0) is 9.47 Å². The first-order chi connectivity index (χ1) is 5.97. The predicted molar refractivity (Wildman–Crippen MR) is 46.4 cm³/mol. The fourth-order valence-corrected chi connectivity index (χ4v) is 1.26. The zero-order valence-corrected chi connectivity index (χ0v) is 6.95. The van der Waals surface area contributed by atoms with Crippen LogP contribution in [0.3, 0.4) is 0 Å². The van der Waals surface area contributed by atoms with Crippen LogP contribution in [0.2, 0.25) is 0 Å². The number of allylic oxidation sites excluding steroid dienone is 4. The standard InChI is InChI=1S/C10H12O2/c1-2-5-9-10(6-3-1)12-8-4-7-11-9/h1-2,5-6H,3-4,7-8H2. The van der Waals surface area contributed by atoms with E-state index < -0.39 is 0 Å². The molecule has 0 saturated carbocycles. The molecule has 0 aromatic heterocycles. The Bertz CT molecular complexity index is 249. The normalized spacial score (nSPS) is 22.0. The zero-order valence-electron chi connectivity index (χ0n) is 6.95. The van der Waals surface area contributed by atoms with Crippen molar-refractivity contribution in [2.24, 2.45) is 0 Å². The summed E-state index contributed by atoms with van der Waals surface area (Å²) in [6.45, 7) is 1.53. The molecule has 0 spiro atoms. The van der Waals surface area contributed by atoms with Gasteiger partial charge < -0.3 is 9.47 Å². The lowest BCUT2D eigenvalue weighted by Crippen LogP contribution is -1.93. The first-order valence-corrected chi connectivity index (χ1v) is 4.30. The van der Waals surface area contributed by atoms with Crippen LogP contribution in [-0.4, -0.2) is 13.2 Å². The molecule has 0 bridgehead atoms. The third-order valence-electron chi connectivity index (χ3n) is 1.87. The van der Waals surface area contributed by atoms with Crippen LogP contribution in [0.4, 0.5) is 0 Å². The van der Waals surface area contributed by atoms with E-state index >= 15 is 0 Å².